The quantitative estimate of drug-likeness (QED) is 0.285. The van der Waals surface area contributed by atoms with Gasteiger partial charge in [-0.2, -0.15) is 0 Å². The molecule has 0 radical (unpaired) electrons. The molecular formula is C27H45NO. The first-order valence-electron chi connectivity index (χ1n) is 12.7. The van der Waals surface area contributed by atoms with Crippen molar-refractivity contribution in [2.45, 2.75) is 105 Å². The van der Waals surface area contributed by atoms with Gasteiger partial charge in [0.15, 0.2) is 0 Å². The average molecular weight is 400 g/mol. The molecule has 1 N–H and O–H groups in total. The highest BCUT2D eigenvalue weighted by Crippen LogP contribution is 2.67. The highest BCUT2D eigenvalue weighted by atomic mass is 16.4. The topological polar surface area (TPSA) is 32.6 Å². The number of hydrogen-bond donors (Lipinski definition) is 1. The molecule has 0 aliphatic heterocycles. The van der Waals surface area contributed by atoms with E-state index in [2.05, 4.69) is 45.9 Å². The van der Waals surface area contributed by atoms with Gasteiger partial charge in [-0.15, -0.1) is 0 Å². The van der Waals surface area contributed by atoms with Gasteiger partial charge in [-0.3, -0.25) is 0 Å². The SMILES string of the molecule is CC(C)CCC[C@@H](C)C1CCC2C3CC=C4C/C(=N/O)CC[C@]4(C)C3CC[C@@]21C. The number of allylic oxidation sites excluding steroid dienone is 2. The Kier molecular flexibility index (Phi) is 5.95. The minimum atomic E-state index is 0.361. The van der Waals surface area contributed by atoms with Crippen molar-refractivity contribution in [2.24, 2.45) is 51.5 Å². The molecule has 2 heteroatoms. The number of nitrogens with zero attached hydrogens (tertiary/aromatic N) is 1. The molecule has 164 valence electrons. The molecule has 7 atom stereocenters. The summed E-state index contributed by atoms with van der Waals surface area (Å²) in [5.41, 5.74) is 3.54. The van der Waals surface area contributed by atoms with Crippen LogP contribution in [0.1, 0.15) is 105 Å². The summed E-state index contributed by atoms with van der Waals surface area (Å²) < 4.78 is 0. The van der Waals surface area contributed by atoms with Crippen LogP contribution >= 0.6 is 0 Å². The number of fused-ring (bicyclic) bond motifs is 5. The van der Waals surface area contributed by atoms with Gasteiger partial charge in [0.2, 0.25) is 0 Å². The van der Waals surface area contributed by atoms with Crippen LogP contribution in [-0.2, 0) is 0 Å². The van der Waals surface area contributed by atoms with Crippen LogP contribution in [0.4, 0.5) is 0 Å². The highest BCUT2D eigenvalue weighted by Gasteiger charge is 2.58. The van der Waals surface area contributed by atoms with Gasteiger partial charge in [0.25, 0.3) is 0 Å². The van der Waals surface area contributed by atoms with Gasteiger partial charge in [-0.25, -0.2) is 0 Å². The molecule has 0 aromatic rings. The lowest BCUT2D eigenvalue weighted by Crippen LogP contribution is -2.50. The molecule has 0 amide bonds. The monoisotopic (exact) mass is 399 g/mol. The summed E-state index contributed by atoms with van der Waals surface area (Å²) in [4.78, 5) is 0. The van der Waals surface area contributed by atoms with Crippen LogP contribution in [-0.4, -0.2) is 10.9 Å². The molecule has 4 aliphatic rings. The van der Waals surface area contributed by atoms with Crippen molar-refractivity contribution in [3.8, 4) is 0 Å². The molecule has 0 spiro atoms. The fourth-order valence-electron chi connectivity index (χ4n) is 8.60. The maximum atomic E-state index is 9.29. The fraction of sp³-hybridized carbons (Fsp3) is 0.889. The minimum absolute atomic E-state index is 0.361. The second-order valence-electron chi connectivity index (χ2n) is 12.1. The van der Waals surface area contributed by atoms with E-state index in [-0.39, 0.29) is 0 Å². The first-order chi connectivity index (χ1) is 13.8. The normalized spacial score (nSPS) is 44.2. The van der Waals surface area contributed by atoms with Crippen LogP contribution in [0.15, 0.2) is 16.8 Å². The summed E-state index contributed by atoms with van der Waals surface area (Å²) in [7, 11) is 0. The zero-order valence-corrected chi connectivity index (χ0v) is 19.7. The number of oxime groups is 1. The Labute approximate surface area is 179 Å². The van der Waals surface area contributed by atoms with E-state index < -0.39 is 0 Å². The number of hydrogen-bond acceptors (Lipinski definition) is 2. The highest BCUT2D eigenvalue weighted by molar-refractivity contribution is 5.87. The molecule has 0 bridgehead atoms. The predicted octanol–water partition coefficient (Wildman–Crippen LogP) is 7.86. The smallest absolute Gasteiger partial charge is 0.0611 e. The molecule has 2 nitrogen and oxygen atoms in total. The van der Waals surface area contributed by atoms with E-state index in [1.54, 1.807) is 5.57 Å². The molecule has 3 fully saturated rings. The van der Waals surface area contributed by atoms with Crippen LogP contribution in [0.5, 0.6) is 0 Å². The first-order valence-corrected chi connectivity index (χ1v) is 12.7. The summed E-state index contributed by atoms with van der Waals surface area (Å²) >= 11 is 0. The Morgan fingerprint density at radius 1 is 1.07 bits per heavy atom. The Morgan fingerprint density at radius 2 is 1.86 bits per heavy atom. The zero-order valence-electron chi connectivity index (χ0n) is 19.7. The van der Waals surface area contributed by atoms with Crippen molar-refractivity contribution in [1.29, 1.82) is 0 Å². The standard InChI is InChI=1S/C27H45NO/c1-18(2)7-6-8-19(3)23-11-12-24-22-10-9-20-17-21(28-29)13-15-26(20,4)25(22)14-16-27(23,24)5/h9,18-19,22-25,29H,6-8,10-17H2,1-5H3/b28-21+/t19-,22?,23?,24?,25?,26+,27-/m1/s1. The van der Waals surface area contributed by atoms with Gasteiger partial charge < -0.3 is 5.21 Å². The third-order valence-corrected chi connectivity index (χ3v) is 10.3. The molecule has 4 aliphatic carbocycles. The Morgan fingerprint density at radius 3 is 2.59 bits per heavy atom. The summed E-state index contributed by atoms with van der Waals surface area (Å²) in [6, 6.07) is 0. The van der Waals surface area contributed by atoms with E-state index in [1.807, 2.05) is 0 Å². The average Bonchev–Trinajstić information content (AvgIpc) is 3.04. The minimum Gasteiger partial charge on any atom is -0.411 e. The van der Waals surface area contributed by atoms with E-state index in [0.29, 0.717) is 10.8 Å². The Bertz CT molecular complexity index is 663. The van der Waals surface area contributed by atoms with Crippen LogP contribution < -0.4 is 0 Å². The largest absolute Gasteiger partial charge is 0.411 e. The van der Waals surface area contributed by atoms with E-state index in [0.717, 1.165) is 54.1 Å². The van der Waals surface area contributed by atoms with Gasteiger partial charge in [0.1, 0.15) is 0 Å². The Balaban J connectivity index is 1.50. The van der Waals surface area contributed by atoms with Crippen LogP contribution in [0.3, 0.4) is 0 Å². The van der Waals surface area contributed by atoms with E-state index in [1.165, 1.54) is 57.8 Å². The molecule has 0 aromatic carbocycles. The summed E-state index contributed by atoms with van der Waals surface area (Å²) in [6.45, 7) is 12.5. The lowest BCUT2D eigenvalue weighted by atomic mass is 9.47. The first kappa shape index (κ1) is 21.4. The maximum Gasteiger partial charge on any atom is 0.0611 e. The number of rotatable bonds is 5. The van der Waals surface area contributed by atoms with Crippen LogP contribution in [0.25, 0.3) is 0 Å². The molecule has 29 heavy (non-hydrogen) atoms. The van der Waals surface area contributed by atoms with E-state index in [4.69, 9.17) is 0 Å². The third kappa shape index (κ3) is 3.61. The zero-order chi connectivity index (χ0) is 20.8. The third-order valence-electron chi connectivity index (χ3n) is 10.3. The summed E-state index contributed by atoms with van der Waals surface area (Å²) in [5, 5.41) is 12.9. The second kappa shape index (κ2) is 8.04. The molecule has 4 unspecified atom stereocenters. The maximum absolute atomic E-state index is 9.29. The molecular weight excluding hydrogens is 354 g/mol. The second-order valence-corrected chi connectivity index (χ2v) is 12.1. The van der Waals surface area contributed by atoms with Gasteiger partial charge in [-0.1, -0.05) is 70.7 Å². The van der Waals surface area contributed by atoms with Crippen molar-refractivity contribution >= 4 is 5.71 Å². The summed E-state index contributed by atoms with van der Waals surface area (Å²) in [5.74, 6) is 5.36. The lowest BCUT2D eigenvalue weighted by Gasteiger charge is -2.58. The van der Waals surface area contributed by atoms with Gasteiger partial charge >= 0.3 is 0 Å². The molecule has 0 saturated heterocycles. The van der Waals surface area contributed by atoms with Crippen molar-refractivity contribution < 1.29 is 5.21 Å². The van der Waals surface area contributed by atoms with Crippen molar-refractivity contribution in [2.75, 3.05) is 0 Å². The van der Waals surface area contributed by atoms with Crippen LogP contribution in [0, 0.1) is 46.3 Å². The van der Waals surface area contributed by atoms with E-state index >= 15 is 0 Å². The van der Waals surface area contributed by atoms with E-state index in [9.17, 15) is 5.21 Å². The van der Waals surface area contributed by atoms with Crippen molar-refractivity contribution in [3.63, 3.8) is 0 Å². The van der Waals surface area contributed by atoms with Gasteiger partial charge in [-0.05, 0) is 91.3 Å². The Hall–Kier alpha value is -0.790. The van der Waals surface area contributed by atoms with Crippen LogP contribution in [0.2, 0.25) is 0 Å². The van der Waals surface area contributed by atoms with Crippen molar-refractivity contribution in [1.82, 2.24) is 0 Å². The predicted molar refractivity (Wildman–Crippen MR) is 122 cm³/mol. The molecule has 4 rings (SSSR count). The van der Waals surface area contributed by atoms with Crippen molar-refractivity contribution in [3.05, 3.63) is 11.6 Å². The molecule has 3 saturated carbocycles. The fourth-order valence-corrected chi connectivity index (χ4v) is 8.60. The lowest BCUT2D eigenvalue weighted by molar-refractivity contribution is -0.0469. The summed E-state index contributed by atoms with van der Waals surface area (Å²) in [6.07, 6.45) is 17.0. The molecule has 0 aromatic heterocycles. The molecule has 0 heterocycles. The van der Waals surface area contributed by atoms with Gasteiger partial charge in [0, 0.05) is 6.42 Å². The van der Waals surface area contributed by atoms with Gasteiger partial charge in [0.05, 0.1) is 5.71 Å².